The second-order valence-electron chi connectivity index (χ2n) is 4.13. The van der Waals surface area contributed by atoms with E-state index in [1.807, 2.05) is 0 Å². The zero-order chi connectivity index (χ0) is 13.2. The van der Waals surface area contributed by atoms with Crippen LogP contribution >= 0.6 is 0 Å². The molecule has 0 spiro atoms. The predicted molar refractivity (Wildman–Crippen MR) is 57.8 cm³/mol. The Labute approximate surface area is 102 Å². The van der Waals surface area contributed by atoms with E-state index >= 15 is 0 Å². The standard InChI is InChI=1S/C11H13F3N2O2/c1-17-11(2-3-18-6-11)5-15-10-8(13)4-7(12)9(14)16-10/h4H,2-3,5-6H2,1H3,(H,15,16). The Bertz CT molecular complexity index is 437. The zero-order valence-corrected chi connectivity index (χ0v) is 9.80. The van der Waals surface area contributed by atoms with Gasteiger partial charge in [-0.3, -0.25) is 0 Å². The van der Waals surface area contributed by atoms with Crippen LogP contribution in [0.15, 0.2) is 6.07 Å². The molecule has 1 aliphatic heterocycles. The molecule has 100 valence electrons. The molecule has 1 unspecified atom stereocenters. The lowest BCUT2D eigenvalue weighted by molar-refractivity contribution is -0.00630. The average Bonchev–Trinajstić information content (AvgIpc) is 2.82. The third-order valence-corrected chi connectivity index (χ3v) is 2.96. The number of halogens is 3. The third kappa shape index (κ3) is 2.56. The molecule has 1 atom stereocenters. The molecule has 1 saturated heterocycles. The molecular formula is C11H13F3N2O2. The minimum atomic E-state index is -1.34. The van der Waals surface area contributed by atoms with Crippen molar-refractivity contribution in [3.63, 3.8) is 0 Å². The minimum absolute atomic E-state index is 0.207. The van der Waals surface area contributed by atoms with Gasteiger partial charge in [-0.15, -0.1) is 0 Å². The van der Waals surface area contributed by atoms with Crippen molar-refractivity contribution < 1.29 is 22.6 Å². The van der Waals surface area contributed by atoms with Gasteiger partial charge in [0.05, 0.1) is 6.61 Å². The van der Waals surface area contributed by atoms with Crippen molar-refractivity contribution >= 4 is 5.82 Å². The van der Waals surface area contributed by atoms with Gasteiger partial charge in [-0.1, -0.05) is 0 Å². The summed E-state index contributed by atoms with van der Waals surface area (Å²) in [6, 6.07) is 0.454. The Balaban J connectivity index is 2.08. The van der Waals surface area contributed by atoms with E-state index in [9.17, 15) is 13.2 Å². The van der Waals surface area contributed by atoms with Crippen molar-refractivity contribution in [2.45, 2.75) is 12.0 Å². The topological polar surface area (TPSA) is 43.4 Å². The summed E-state index contributed by atoms with van der Waals surface area (Å²) in [7, 11) is 1.52. The molecule has 7 heteroatoms. The van der Waals surface area contributed by atoms with Crippen molar-refractivity contribution in [1.82, 2.24) is 4.98 Å². The van der Waals surface area contributed by atoms with Crippen LogP contribution in [0.25, 0.3) is 0 Å². The van der Waals surface area contributed by atoms with Crippen LogP contribution in [0.5, 0.6) is 0 Å². The number of methoxy groups -OCH3 is 1. The van der Waals surface area contributed by atoms with Gasteiger partial charge in [-0.2, -0.15) is 9.37 Å². The zero-order valence-electron chi connectivity index (χ0n) is 9.80. The molecule has 18 heavy (non-hydrogen) atoms. The number of aromatic nitrogens is 1. The van der Waals surface area contributed by atoms with Crippen molar-refractivity contribution in [1.29, 1.82) is 0 Å². The van der Waals surface area contributed by atoms with Crippen LogP contribution in [0.2, 0.25) is 0 Å². The molecule has 2 heterocycles. The van der Waals surface area contributed by atoms with E-state index in [2.05, 4.69) is 10.3 Å². The largest absolute Gasteiger partial charge is 0.378 e. The van der Waals surface area contributed by atoms with Crippen LogP contribution in [-0.4, -0.2) is 37.5 Å². The summed E-state index contributed by atoms with van der Waals surface area (Å²) in [6.07, 6.45) is 0.641. The molecule has 0 amide bonds. The van der Waals surface area contributed by atoms with Gasteiger partial charge in [0.2, 0.25) is 0 Å². The first kappa shape index (κ1) is 13.1. The van der Waals surface area contributed by atoms with Crippen LogP contribution in [-0.2, 0) is 9.47 Å². The molecular weight excluding hydrogens is 249 g/mol. The van der Waals surface area contributed by atoms with Gasteiger partial charge in [0.15, 0.2) is 17.5 Å². The van der Waals surface area contributed by atoms with E-state index in [1.165, 1.54) is 7.11 Å². The van der Waals surface area contributed by atoms with E-state index < -0.39 is 23.2 Å². The Morgan fingerprint density at radius 2 is 2.22 bits per heavy atom. The number of ether oxygens (including phenoxy) is 2. The maximum Gasteiger partial charge on any atom is 0.251 e. The second-order valence-corrected chi connectivity index (χ2v) is 4.13. The Kier molecular flexibility index (Phi) is 3.72. The summed E-state index contributed by atoms with van der Waals surface area (Å²) >= 11 is 0. The van der Waals surface area contributed by atoms with E-state index in [0.717, 1.165) is 0 Å². The molecule has 0 bridgehead atoms. The highest BCUT2D eigenvalue weighted by molar-refractivity contribution is 5.36. The first-order valence-corrected chi connectivity index (χ1v) is 5.45. The first-order valence-electron chi connectivity index (χ1n) is 5.45. The predicted octanol–water partition coefficient (Wildman–Crippen LogP) is 1.72. The van der Waals surface area contributed by atoms with Gasteiger partial charge >= 0.3 is 0 Å². The van der Waals surface area contributed by atoms with Crippen molar-refractivity contribution in [2.24, 2.45) is 0 Å². The van der Waals surface area contributed by atoms with Gasteiger partial charge in [-0.25, -0.2) is 8.78 Å². The summed E-state index contributed by atoms with van der Waals surface area (Å²) in [6.45, 7) is 1.11. The molecule has 0 aromatic carbocycles. The van der Waals surface area contributed by atoms with E-state index in [1.54, 1.807) is 0 Å². The van der Waals surface area contributed by atoms with Gasteiger partial charge in [0, 0.05) is 32.7 Å². The number of hydrogen-bond donors (Lipinski definition) is 1. The smallest absolute Gasteiger partial charge is 0.251 e. The SMILES string of the molecule is COC1(CNc2nc(F)c(F)cc2F)CCOC1. The Hall–Kier alpha value is -1.34. The van der Waals surface area contributed by atoms with Gasteiger partial charge < -0.3 is 14.8 Å². The quantitative estimate of drug-likeness (QED) is 0.839. The monoisotopic (exact) mass is 262 g/mol. The fourth-order valence-electron chi connectivity index (χ4n) is 1.77. The van der Waals surface area contributed by atoms with Crippen LogP contribution in [0.1, 0.15) is 6.42 Å². The van der Waals surface area contributed by atoms with E-state index in [0.29, 0.717) is 25.7 Å². The van der Waals surface area contributed by atoms with Crippen molar-refractivity contribution in [2.75, 3.05) is 32.2 Å². The molecule has 0 aliphatic carbocycles. The summed E-state index contributed by atoms with van der Waals surface area (Å²) in [5.41, 5.74) is -0.584. The fourth-order valence-corrected chi connectivity index (χ4v) is 1.77. The molecule has 1 N–H and O–H groups in total. The lowest BCUT2D eigenvalue weighted by Gasteiger charge is -2.26. The molecule has 4 nitrogen and oxygen atoms in total. The average molecular weight is 262 g/mol. The van der Waals surface area contributed by atoms with Crippen LogP contribution in [0, 0.1) is 17.6 Å². The van der Waals surface area contributed by atoms with Crippen LogP contribution < -0.4 is 5.32 Å². The normalized spacial score (nSPS) is 23.3. The summed E-state index contributed by atoms with van der Waals surface area (Å²) in [4.78, 5) is 3.17. The van der Waals surface area contributed by atoms with Gasteiger partial charge in [0.25, 0.3) is 5.95 Å². The number of anilines is 1. The van der Waals surface area contributed by atoms with Crippen LogP contribution in [0.4, 0.5) is 19.0 Å². The number of pyridine rings is 1. The first-order chi connectivity index (χ1) is 8.56. The van der Waals surface area contributed by atoms with Crippen molar-refractivity contribution in [3.05, 3.63) is 23.6 Å². The highest BCUT2D eigenvalue weighted by Crippen LogP contribution is 2.23. The number of nitrogens with one attached hydrogen (secondary N) is 1. The Morgan fingerprint density at radius 1 is 1.44 bits per heavy atom. The number of rotatable bonds is 4. The lowest BCUT2D eigenvalue weighted by atomic mass is 10.0. The third-order valence-electron chi connectivity index (χ3n) is 2.96. The molecule has 1 aliphatic rings. The molecule has 0 saturated carbocycles. The van der Waals surface area contributed by atoms with Gasteiger partial charge in [0.1, 0.15) is 5.60 Å². The number of nitrogens with zero attached hydrogens (tertiary/aromatic N) is 1. The molecule has 1 aromatic rings. The lowest BCUT2D eigenvalue weighted by Crippen LogP contribution is -2.40. The summed E-state index contributed by atoms with van der Waals surface area (Å²) in [5.74, 6) is -3.94. The van der Waals surface area contributed by atoms with E-state index in [-0.39, 0.29) is 12.4 Å². The van der Waals surface area contributed by atoms with Crippen molar-refractivity contribution in [3.8, 4) is 0 Å². The minimum Gasteiger partial charge on any atom is -0.378 e. The summed E-state index contributed by atoms with van der Waals surface area (Å²) < 4.78 is 49.4. The van der Waals surface area contributed by atoms with Gasteiger partial charge in [-0.05, 0) is 0 Å². The molecule has 1 aromatic heterocycles. The number of hydrogen-bond acceptors (Lipinski definition) is 4. The Morgan fingerprint density at radius 3 is 2.83 bits per heavy atom. The maximum atomic E-state index is 13.3. The molecule has 2 rings (SSSR count). The highest BCUT2D eigenvalue weighted by atomic mass is 19.2. The second kappa shape index (κ2) is 5.11. The summed E-state index contributed by atoms with van der Waals surface area (Å²) in [5, 5.41) is 2.62. The molecule has 0 radical (unpaired) electrons. The van der Waals surface area contributed by atoms with E-state index in [4.69, 9.17) is 9.47 Å². The fraction of sp³-hybridized carbons (Fsp3) is 0.545. The maximum absolute atomic E-state index is 13.3. The van der Waals surface area contributed by atoms with Crippen LogP contribution in [0.3, 0.4) is 0 Å². The highest BCUT2D eigenvalue weighted by Gasteiger charge is 2.35. The molecule has 1 fully saturated rings.